The molecule has 0 unspecified atom stereocenters. The van der Waals surface area contributed by atoms with Gasteiger partial charge in [-0.15, -0.1) is 0 Å². The Morgan fingerprint density at radius 1 is 0.810 bits per heavy atom. The number of sulfonamides is 1. The van der Waals surface area contributed by atoms with E-state index in [9.17, 15) is 23.4 Å². The van der Waals surface area contributed by atoms with Crippen LogP contribution in [-0.2, 0) is 21.2 Å². The second-order valence-corrected chi connectivity index (χ2v) is 11.0. The highest BCUT2D eigenvalue weighted by Crippen LogP contribution is 2.31. The molecule has 1 aromatic heterocycles. The van der Waals surface area contributed by atoms with E-state index in [1.807, 2.05) is 6.07 Å². The van der Waals surface area contributed by atoms with Crippen LogP contribution in [0.4, 0.5) is 23.0 Å². The molecular formula is C30H27N5O6S. The maximum Gasteiger partial charge on any atom is 0.263 e. The standard InChI is InChI=1S/C30H27N5O6S/c1-41-24-16-21(15-23(37)18-24)32-29-30(34-27-11-3-2-10-26(27)33-29)35-42(39,40)25-9-5-7-20(17-25)31-28(38)13-12-19-6-4-8-22(36)14-19/h2-11,14-18,36-37H,12-13H2,1H3,(H,31,38)(H,32,33)(H,34,35). The van der Waals surface area contributed by atoms with Crippen molar-refractivity contribution in [2.45, 2.75) is 17.7 Å². The van der Waals surface area contributed by atoms with Gasteiger partial charge >= 0.3 is 0 Å². The Morgan fingerprint density at radius 2 is 1.55 bits per heavy atom. The molecular weight excluding hydrogens is 558 g/mol. The number of carbonyl (C=O) groups is 1. The number of hydrogen-bond acceptors (Lipinski definition) is 9. The van der Waals surface area contributed by atoms with Gasteiger partial charge in [-0.1, -0.05) is 30.3 Å². The Labute approximate surface area is 241 Å². The summed E-state index contributed by atoms with van der Waals surface area (Å²) in [6.07, 6.45) is 0.543. The molecule has 0 fully saturated rings. The molecule has 0 saturated carbocycles. The van der Waals surface area contributed by atoms with E-state index in [0.29, 0.717) is 34.6 Å². The molecule has 0 aliphatic carbocycles. The van der Waals surface area contributed by atoms with Crippen LogP contribution in [-0.4, -0.2) is 41.6 Å². The van der Waals surface area contributed by atoms with Gasteiger partial charge in [0.2, 0.25) is 5.91 Å². The minimum absolute atomic E-state index is 0.0616. The summed E-state index contributed by atoms with van der Waals surface area (Å²) < 4.78 is 34.7. The van der Waals surface area contributed by atoms with Gasteiger partial charge in [0.05, 0.1) is 23.0 Å². The maximum atomic E-state index is 13.5. The molecule has 42 heavy (non-hydrogen) atoms. The number of aromatic hydroxyl groups is 2. The summed E-state index contributed by atoms with van der Waals surface area (Å²) in [5.74, 6) is 0.157. The molecule has 0 aliphatic heterocycles. The smallest absolute Gasteiger partial charge is 0.263 e. The summed E-state index contributed by atoms with van der Waals surface area (Å²) in [4.78, 5) is 21.5. The predicted molar refractivity (Wildman–Crippen MR) is 160 cm³/mol. The molecule has 0 radical (unpaired) electrons. The van der Waals surface area contributed by atoms with Crippen molar-refractivity contribution in [2.75, 3.05) is 22.5 Å². The van der Waals surface area contributed by atoms with Crippen molar-refractivity contribution in [1.82, 2.24) is 9.97 Å². The third-order valence-corrected chi connectivity index (χ3v) is 7.51. The third-order valence-electron chi connectivity index (χ3n) is 6.17. The number of phenolic OH excluding ortho intramolecular Hbond substituents is 2. The maximum absolute atomic E-state index is 13.5. The van der Waals surface area contributed by atoms with Crippen molar-refractivity contribution in [3.05, 3.63) is 96.6 Å². The van der Waals surface area contributed by atoms with Gasteiger partial charge in [0.15, 0.2) is 11.6 Å². The Kier molecular flexibility index (Phi) is 8.07. The molecule has 0 spiro atoms. The predicted octanol–water partition coefficient (Wildman–Crippen LogP) is 5.17. The van der Waals surface area contributed by atoms with Crippen LogP contribution in [0, 0.1) is 0 Å². The number of anilines is 4. The zero-order valence-corrected chi connectivity index (χ0v) is 23.2. The number of amides is 1. The van der Waals surface area contributed by atoms with Crippen molar-refractivity contribution < 1.29 is 28.2 Å². The Morgan fingerprint density at radius 3 is 2.29 bits per heavy atom. The number of ether oxygens (including phenoxy) is 1. The highest BCUT2D eigenvalue weighted by atomic mass is 32.2. The first-order valence-electron chi connectivity index (χ1n) is 12.8. The van der Waals surface area contributed by atoms with E-state index in [-0.39, 0.29) is 40.4 Å². The average Bonchev–Trinajstić information content (AvgIpc) is 2.96. The number of nitrogens with one attached hydrogen (secondary N) is 3. The first kappa shape index (κ1) is 28.2. The van der Waals surface area contributed by atoms with E-state index in [2.05, 4.69) is 25.3 Å². The first-order valence-corrected chi connectivity index (χ1v) is 14.3. The van der Waals surface area contributed by atoms with Crippen molar-refractivity contribution in [3.63, 3.8) is 0 Å². The van der Waals surface area contributed by atoms with Crippen molar-refractivity contribution in [1.29, 1.82) is 0 Å². The van der Waals surface area contributed by atoms with Gasteiger partial charge in [-0.25, -0.2) is 18.4 Å². The zero-order chi connectivity index (χ0) is 29.7. The molecule has 11 nitrogen and oxygen atoms in total. The van der Waals surface area contributed by atoms with Gasteiger partial charge < -0.3 is 25.6 Å². The van der Waals surface area contributed by atoms with E-state index >= 15 is 0 Å². The number of hydrogen-bond donors (Lipinski definition) is 5. The monoisotopic (exact) mass is 585 g/mol. The number of methoxy groups -OCH3 is 1. The molecule has 0 bridgehead atoms. The fourth-order valence-corrected chi connectivity index (χ4v) is 5.24. The zero-order valence-electron chi connectivity index (χ0n) is 22.4. The van der Waals surface area contributed by atoms with Crippen LogP contribution < -0.4 is 20.1 Å². The molecule has 5 N–H and O–H groups in total. The molecule has 1 heterocycles. The first-order chi connectivity index (χ1) is 20.2. The van der Waals surface area contributed by atoms with Gasteiger partial charge in [0.1, 0.15) is 17.2 Å². The number of fused-ring (bicyclic) bond motifs is 1. The van der Waals surface area contributed by atoms with Crippen molar-refractivity contribution in [2.24, 2.45) is 0 Å². The molecule has 0 aliphatic rings. The van der Waals surface area contributed by atoms with E-state index in [1.165, 1.54) is 37.4 Å². The van der Waals surface area contributed by atoms with Crippen LogP contribution in [0.15, 0.2) is 95.9 Å². The second kappa shape index (κ2) is 12.0. The van der Waals surface area contributed by atoms with Crippen molar-refractivity contribution in [3.8, 4) is 17.2 Å². The number of nitrogens with zero attached hydrogens (tertiary/aromatic N) is 2. The molecule has 0 saturated heterocycles. The average molecular weight is 586 g/mol. The van der Waals surface area contributed by atoms with Crippen molar-refractivity contribution >= 4 is 50.0 Å². The number of benzene rings is 4. The SMILES string of the molecule is COc1cc(O)cc(Nc2nc3ccccc3nc2NS(=O)(=O)c2cccc(NC(=O)CCc3cccc(O)c3)c2)c1. The lowest BCUT2D eigenvalue weighted by Crippen LogP contribution is -2.17. The van der Waals surface area contributed by atoms with Crippen LogP contribution in [0.1, 0.15) is 12.0 Å². The van der Waals surface area contributed by atoms with Crippen LogP contribution in [0.5, 0.6) is 17.2 Å². The minimum Gasteiger partial charge on any atom is -0.508 e. The third kappa shape index (κ3) is 6.85. The van der Waals surface area contributed by atoms with Gasteiger partial charge in [0, 0.05) is 36.0 Å². The Bertz CT molecular complexity index is 1880. The molecule has 1 amide bonds. The molecule has 0 atom stereocenters. The van der Waals surface area contributed by atoms with Crippen LogP contribution >= 0.6 is 0 Å². The lowest BCUT2D eigenvalue weighted by molar-refractivity contribution is -0.116. The van der Waals surface area contributed by atoms with Crippen LogP contribution in [0.25, 0.3) is 11.0 Å². The number of aromatic nitrogens is 2. The van der Waals surface area contributed by atoms with E-state index in [1.54, 1.807) is 54.6 Å². The number of phenols is 2. The molecule has 4 aromatic carbocycles. The fourth-order valence-electron chi connectivity index (χ4n) is 4.19. The van der Waals surface area contributed by atoms with Crippen LogP contribution in [0.2, 0.25) is 0 Å². The Hall–Kier alpha value is -5.36. The second-order valence-electron chi connectivity index (χ2n) is 9.31. The largest absolute Gasteiger partial charge is 0.508 e. The molecule has 12 heteroatoms. The lowest BCUT2D eigenvalue weighted by atomic mass is 10.1. The van der Waals surface area contributed by atoms with E-state index in [4.69, 9.17) is 4.74 Å². The van der Waals surface area contributed by atoms with Gasteiger partial charge in [-0.05, 0) is 54.4 Å². The van der Waals surface area contributed by atoms with Gasteiger partial charge in [-0.2, -0.15) is 0 Å². The summed E-state index contributed by atoms with van der Waals surface area (Å²) in [7, 11) is -2.72. The van der Waals surface area contributed by atoms with Gasteiger partial charge in [-0.3, -0.25) is 9.52 Å². The summed E-state index contributed by atoms with van der Waals surface area (Å²) in [6, 6.07) is 23.9. The molecule has 5 aromatic rings. The summed E-state index contributed by atoms with van der Waals surface area (Å²) >= 11 is 0. The minimum atomic E-state index is -4.18. The number of carbonyl (C=O) groups excluding carboxylic acids is 1. The number of aryl methyl sites for hydroxylation is 1. The summed E-state index contributed by atoms with van der Waals surface area (Å²) in [6.45, 7) is 0. The van der Waals surface area contributed by atoms with E-state index in [0.717, 1.165) is 5.56 Å². The topological polar surface area (TPSA) is 163 Å². The highest BCUT2D eigenvalue weighted by Gasteiger charge is 2.20. The van der Waals surface area contributed by atoms with Crippen LogP contribution in [0.3, 0.4) is 0 Å². The quantitative estimate of drug-likeness (QED) is 0.149. The number of rotatable bonds is 10. The summed E-state index contributed by atoms with van der Waals surface area (Å²) in [5.41, 5.74) is 2.48. The van der Waals surface area contributed by atoms with E-state index < -0.39 is 10.0 Å². The van der Waals surface area contributed by atoms with Gasteiger partial charge in [0.25, 0.3) is 10.0 Å². The molecule has 5 rings (SSSR count). The normalized spacial score (nSPS) is 11.2. The lowest BCUT2D eigenvalue weighted by Gasteiger charge is -2.15. The summed E-state index contributed by atoms with van der Waals surface area (Å²) in [5, 5.41) is 25.4. The molecule has 214 valence electrons. The Balaban J connectivity index is 1.38. The number of para-hydroxylation sites is 2. The fraction of sp³-hybridized carbons (Fsp3) is 0.100. The highest BCUT2D eigenvalue weighted by molar-refractivity contribution is 7.92.